The Hall–Kier alpha value is -2.30. The van der Waals surface area contributed by atoms with Crippen LogP contribution in [0.2, 0.25) is 0 Å². The minimum Gasteiger partial charge on any atom is -0.612 e. The third kappa shape index (κ3) is 3.35. The van der Waals surface area contributed by atoms with E-state index in [-0.39, 0.29) is 5.70 Å². The summed E-state index contributed by atoms with van der Waals surface area (Å²) in [7, 11) is 4.00. The smallest absolute Gasteiger partial charge is 0.405 e. The van der Waals surface area contributed by atoms with Crippen LogP contribution < -0.4 is 5.11 Å². The number of hydrogen-bond acceptors (Lipinski definition) is 4. The molecule has 0 atom stereocenters. The molecular weight excluding hydrogens is 234 g/mol. The van der Waals surface area contributed by atoms with Crippen LogP contribution in [-0.4, -0.2) is 38.0 Å². The Kier molecular flexibility index (Phi) is 4.92. The first-order valence-electron chi connectivity index (χ1n) is 5.26. The molecule has 0 saturated carbocycles. The molecule has 0 N–H and O–H groups in total. The Bertz CT molecular complexity index is 477. The van der Waals surface area contributed by atoms with Crippen molar-refractivity contribution < 1.29 is 24.0 Å². The fourth-order valence-electron chi connectivity index (χ4n) is 1.39. The number of carbonyl (C=O) groups excluding carboxylic acids is 1. The topological polar surface area (TPSA) is 61.6 Å². The van der Waals surface area contributed by atoms with E-state index in [1.54, 1.807) is 13.3 Å². The molecule has 0 bridgehead atoms. The molecule has 0 fully saturated rings. The van der Waals surface area contributed by atoms with Crippen LogP contribution in [0.25, 0.3) is 0 Å². The van der Waals surface area contributed by atoms with E-state index in [9.17, 15) is 9.90 Å². The summed E-state index contributed by atoms with van der Waals surface area (Å²) < 4.78 is 10.5. The average molecular weight is 249 g/mol. The molecule has 0 radical (unpaired) electrons. The summed E-state index contributed by atoms with van der Waals surface area (Å²) in [5.41, 5.74) is 0.675. The summed E-state index contributed by atoms with van der Waals surface area (Å²) in [5, 5.41) is 11.5. The summed E-state index contributed by atoms with van der Waals surface area (Å²) in [6.07, 6.45) is 1.64. The fraction of sp³-hybridized carbons (Fsp3) is 0.231. The van der Waals surface area contributed by atoms with Gasteiger partial charge in [0.25, 0.3) is 0 Å². The molecule has 0 heterocycles. The van der Waals surface area contributed by atoms with Crippen molar-refractivity contribution in [3.05, 3.63) is 47.5 Å². The summed E-state index contributed by atoms with van der Waals surface area (Å²) in [4.78, 5) is 11.5. The molecule has 1 rings (SSSR count). The van der Waals surface area contributed by atoms with Crippen LogP contribution in [0.3, 0.4) is 0 Å². The number of hydrogen-bond donors (Lipinski definition) is 0. The number of rotatable bonds is 4. The van der Waals surface area contributed by atoms with Crippen LogP contribution in [0.15, 0.2) is 42.0 Å². The van der Waals surface area contributed by atoms with E-state index in [0.29, 0.717) is 0 Å². The zero-order valence-electron chi connectivity index (χ0n) is 10.5. The molecular formula is C13H15NO4. The maximum Gasteiger partial charge on any atom is 0.405 e. The molecule has 18 heavy (non-hydrogen) atoms. The Balaban J connectivity index is 3.16. The minimum atomic E-state index is -0.739. The van der Waals surface area contributed by atoms with Crippen LogP contribution in [0.1, 0.15) is 5.56 Å². The highest BCUT2D eigenvalue weighted by Crippen LogP contribution is 2.04. The molecule has 96 valence electrons. The van der Waals surface area contributed by atoms with Gasteiger partial charge in [0.1, 0.15) is 13.0 Å². The van der Waals surface area contributed by atoms with E-state index in [0.717, 1.165) is 5.56 Å². The van der Waals surface area contributed by atoms with E-state index in [1.165, 1.54) is 18.8 Å². The summed E-state index contributed by atoms with van der Waals surface area (Å²) in [6, 6.07) is 9.29. The van der Waals surface area contributed by atoms with E-state index < -0.39 is 11.9 Å². The molecule has 1 aromatic rings. The van der Waals surface area contributed by atoms with Gasteiger partial charge in [-0.3, -0.25) is 0 Å². The van der Waals surface area contributed by atoms with Crippen molar-refractivity contribution in [2.45, 2.75) is 0 Å². The lowest BCUT2D eigenvalue weighted by atomic mass is 10.2. The second-order valence-corrected chi connectivity index (χ2v) is 3.48. The molecule has 0 unspecified atom stereocenters. The number of nitrogens with zero attached hydrogens (tertiary/aromatic N) is 1. The average Bonchev–Trinajstić information content (AvgIpc) is 2.39. The van der Waals surface area contributed by atoms with Gasteiger partial charge in [0.15, 0.2) is 6.21 Å². The molecule has 0 amide bonds. The first-order valence-corrected chi connectivity index (χ1v) is 5.26. The Morgan fingerprint density at radius 1 is 1.22 bits per heavy atom. The molecule has 5 nitrogen and oxygen atoms in total. The molecule has 0 saturated heterocycles. The van der Waals surface area contributed by atoms with E-state index >= 15 is 0 Å². The molecule has 0 aliphatic rings. The quantitative estimate of drug-likeness (QED) is 0.249. The predicted octanol–water partition coefficient (Wildman–Crippen LogP) is 0.0966. The van der Waals surface area contributed by atoms with Crippen molar-refractivity contribution in [2.24, 2.45) is 0 Å². The largest absolute Gasteiger partial charge is 0.612 e. The number of ether oxygens (including phenoxy) is 2. The zero-order valence-corrected chi connectivity index (χ0v) is 10.5. The number of carbonyl (C=O) groups is 1. The minimum absolute atomic E-state index is 0.177. The summed E-state index contributed by atoms with van der Waals surface area (Å²) in [5.74, 6) is -1.48. The lowest BCUT2D eigenvalue weighted by molar-refractivity contribution is -0.460. The lowest BCUT2D eigenvalue weighted by Gasteiger charge is -2.10. The highest BCUT2D eigenvalue weighted by atomic mass is 16.6. The van der Waals surface area contributed by atoms with Crippen LogP contribution in [-0.2, 0) is 14.3 Å². The molecule has 0 aliphatic carbocycles. The van der Waals surface area contributed by atoms with Gasteiger partial charge in [-0.2, -0.15) is 4.58 Å². The van der Waals surface area contributed by atoms with E-state index in [1.807, 2.05) is 30.3 Å². The normalized spacial score (nSPS) is 12.7. The van der Waals surface area contributed by atoms with Crippen LogP contribution in [0, 0.1) is 0 Å². The summed E-state index contributed by atoms with van der Waals surface area (Å²) in [6.45, 7) is 0. The molecule has 0 spiro atoms. The number of benzene rings is 1. The first-order chi connectivity index (χ1) is 8.60. The SMILES string of the molecule is COC(=O)/C(=C(\[O-])OC)[N+](C)=Cc1ccccc1. The van der Waals surface area contributed by atoms with E-state index in [4.69, 9.17) is 0 Å². The van der Waals surface area contributed by atoms with Crippen LogP contribution in [0.4, 0.5) is 0 Å². The van der Waals surface area contributed by atoms with Crippen LogP contribution >= 0.6 is 0 Å². The second-order valence-electron chi connectivity index (χ2n) is 3.48. The maximum atomic E-state index is 11.5. The Morgan fingerprint density at radius 2 is 1.83 bits per heavy atom. The maximum absolute atomic E-state index is 11.5. The van der Waals surface area contributed by atoms with Gasteiger partial charge >= 0.3 is 11.7 Å². The fourth-order valence-corrected chi connectivity index (χ4v) is 1.39. The van der Waals surface area contributed by atoms with Crippen molar-refractivity contribution in [2.75, 3.05) is 21.3 Å². The van der Waals surface area contributed by atoms with Gasteiger partial charge in [0.05, 0.1) is 7.11 Å². The van der Waals surface area contributed by atoms with Gasteiger partial charge in [-0.15, -0.1) is 0 Å². The highest BCUT2D eigenvalue weighted by molar-refractivity contribution is 5.87. The molecule has 0 aromatic heterocycles. The van der Waals surface area contributed by atoms with Crippen molar-refractivity contribution in [3.63, 3.8) is 0 Å². The number of methoxy groups -OCH3 is 2. The monoisotopic (exact) mass is 249 g/mol. The first kappa shape index (κ1) is 13.8. The van der Waals surface area contributed by atoms with Gasteiger partial charge in [-0.1, -0.05) is 18.2 Å². The number of likely N-dealkylation sites (N-methyl/N-ethyl adjacent to an activating group) is 1. The number of esters is 1. The van der Waals surface area contributed by atoms with Crippen molar-refractivity contribution in [1.29, 1.82) is 0 Å². The molecule has 0 aliphatic heterocycles. The third-order valence-corrected chi connectivity index (χ3v) is 2.25. The van der Waals surface area contributed by atoms with Gasteiger partial charge in [0.2, 0.25) is 0 Å². The standard InChI is InChI=1S/C13H15NO4/c1-14(9-10-7-5-4-6-8-10)11(12(15)17-2)13(16)18-3/h4-9H,1-3H3. The van der Waals surface area contributed by atoms with Crippen LogP contribution in [0.5, 0.6) is 0 Å². The lowest BCUT2D eigenvalue weighted by Crippen LogP contribution is -2.25. The molecule has 1 aromatic carbocycles. The van der Waals surface area contributed by atoms with Crippen molar-refractivity contribution >= 4 is 12.2 Å². The van der Waals surface area contributed by atoms with Gasteiger partial charge < -0.3 is 14.6 Å². The second kappa shape index (κ2) is 6.44. The van der Waals surface area contributed by atoms with Gasteiger partial charge in [0, 0.05) is 5.56 Å². The van der Waals surface area contributed by atoms with Gasteiger partial charge in [-0.25, -0.2) is 4.79 Å². The Morgan fingerprint density at radius 3 is 2.33 bits per heavy atom. The molecule has 5 heteroatoms. The Labute approximate surface area is 106 Å². The van der Waals surface area contributed by atoms with E-state index in [2.05, 4.69) is 9.47 Å². The van der Waals surface area contributed by atoms with Gasteiger partial charge in [-0.05, 0) is 19.2 Å². The third-order valence-electron chi connectivity index (χ3n) is 2.25. The predicted molar refractivity (Wildman–Crippen MR) is 63.8 cm³/mol. The van der Waals surface area contributed by atoms with Crippen molar-refractivity contribution in [1.82, 2.24) is 0 Å². The zero-order chi connectivity index (χ0) is 13.5. The highest BCUT2D eigenvalue weighted by Gasteiger charge is 2.22. The van der Waals surface area contributed by atoms with Crippen molar-refractivity contribution in [3.8, 4) is 0 Å². The summed E-state index contributed by atoms with van der Waals surface area (Å²) >= 11 is 0.